The van der Waals surface area contributed by atoms with Crippen molar-refractivity contribution in [2.24, 2.45) is 5.73 Å². The molecule has 108 valence electrons. The molecule has 0 radical (unpaired) electrons. The van der Waals surface area contributed by atoms with Crippen LogP contribution in [0.25, 0.3) is 10.1 Å². The number of rotatable bonds is 3. The number of fused-ring (bicyclic) bond motifs is 1. The summed E-state index contributed by atoms with van der Waals surface area (Å²) in [5.74, 6) is 0.901. The Kier molecular flexibility index (Phi) is 3.70. The van der Waals surface area contributed by atoms with Gasteiger partial charge in [-0.3, -0.25) is 0 Å². The zero-order valence-electron chi connectivity index (χ0n) is 12.5. The lowest BCUT2D eigenvalue weighted by atomic mass is 9.94. The molecule has 0 aliphatic rings. The van der Waals surface area contributed by atoms with Crippen LogP contribution in [0, 0.1) is 13.8 Å². The smallest absolute Gasteiger partial charge is 0.127 e. The van der Waals surface area contributed by atoms with Crippen LogP contribution in [0.15, 0.2) is 41.8 Å². The van der Waals surface area contributed by atoms with Gasteiger partial charge < -0.3 is 10.5 Å². The number of methoxy groups -OCH3 is 1. The predicted molar refractivity (Wildman–Crippen MR) is 90.3 cm³/mol. The van der Waals surface area contributed by atoms with Crippen LogP contribution in [-0.2, 0) is 0 Å². The standard InChI is InChI=1S/C18H19NOS/c1-11-8-9-14(18(20-3)12(11)2)17(19)15-10-21-16-7-5-4-6-13(15)16/h4-10,17H,19H2,1-3H3. The van der Waals surface area contributed by atoms with Gasteiger partial charge in [0.05, 0.1) is 13.2 Å². The Morgan fingerprint density at radius 1 is 1.05 bits per heavy atom. The highest BCUT2D eigenvalue weighted by Gasteiger charge is 2.19. The van der Waals surface area contributed by atoms with E-state index in [9.17, 15) is 0 Å². The number of benzene rings is 2. The summed E-state index contributed by atoms with van der Waals surface area (Å²) in [6.07, 6.45) is 0. The van der Waals surface area contributed by atoms with Gasteiger partial charge in [0, 0.05) is 10.3 Å². The molecule has 0 bridgehead atoms. The number of ether oxygens (including phenoxy) is 1. The number of aryl methyl sites for hydroxylation is 1. The van der Waals surface area contributed by atoms with E-state index in [1.165, 1.54) is 15.6 Å². The van der Waals surface area contributed by atoms with Gasteiger partial charge >= 0.3 is 0 Å². The van der Waals surface area contributed by atoms with Crippen LogP contribution in [-0.4, -0.2) is 7.11 Å². The van der Waals surface area contributed by atoms with Crippen LogP contribution < -0.4 is 10.5 Å². The van der Waals surface area contributed by atoms with Gasteiger partial charge in [-0.2, -0.15) is 0 Å². The summed E-state index contributed by atoms with van der Waals surface area (Å²) in [5, 5.41) is 3.39. The van der Waals surface area contributed by atoms with Gasteiger partial charge in [-0.1, -0.05) is 30.3 Å². The molecule has 0 saturated heterocycles. The molecule has 1 aromatic heterocycles. The van der Waals surface area contributed by atoms with Gasteiger partial charge in [-0.15, -0.1) is 11.3 Å². The molecule has 0 aliphatic carbocycles. The third-order valence-corrected chi connectivity index (χ3v) is 5.07. The van der Waals surface area contributed by atoms with Crippen LogP contribution in [0.3, 0.4) is 0 Å². The van der Waals surface area contributed by atoms with E-state index in [4.69, 9.17) is 10.5 Å². The molecule has 2 aromatic carbocycles. The van der Waals surface area contributed by atoms with E-state index < -0.39 is 0 Å². The molecule has 0 saturated carbocycles. The van der Waals surface area contributed by atoms with E-state index >= 15 is 0 Å². The predicted octanol–water partition coefficient (Wildman–Crippen LogP) is 4.57. The first-order valence-corrected chi connectivity index (χ1v) is 7.87. The molecule has 3 aromatic rings. The maximum Gasteiger partial charge on any atom is 0.127 e. The molecule has 0 aliphatic heterocycles. The molecule has 2 nitrogen and oxygen atoms in total. The van der Waals surface area contributed by atoms with Crippen LogP contribution in [0.2, 0.25) is 0 Å². The third-order valence-electron chi connectivity index (χ3n) is 4.09. The lowest BCUT2D eigenvalue weighted by Gasteiger charge is -2.18. The first kappa shape index (κ1) is 14.1. The van der Waals surface area contributed by atoms with Crippen molar-refractivity contribution in [1.29, 1.82) is 0 Å². The maximum atomic E-state index is 6.55. The van der Waals surface area contributed by atoms with Crippen molar-refractivity contribution in [2.75, 3.05) is 7.11 Å². The van der Waals surface area contributed by atoms with Crippen molar-refractivity contribution in [3.8, 4) is 5.75 Å². The highest BCUT2D eigenvalue weighted by atomic mass is 32.1. The Balaban J connectivity index is 2.14. The number of hydrogen-bond acceptors (Lipinski definition) is 3. The summed E-state index contributed by atoms with van der Waals surface area (Å²) in [6.45, 7) is 4.17. The minimum Gasteiger partial charge on any atom is -0.496 e. The van der Waals surface area contributed by atoms with Crippen molar-refractivity contribution in [2.45, 2.75) is 19.9 Å². The molecule has 0 amide bonds. The molecular formula is C18H19NOS. The Labute approximate surface area is 129 Å². The normalized spacial score (nSPS) is 12.6. The van der Waals surface area contributed by atoms with E-state index in [1.54, 1.807) is 18.4 Å². The SMILES string of the molecule is COc1c(C(N)c2csc3ccccc23)ccc(C)c1C. The molecule has 1 unspecified atom stereocenters. The zero-order valence-corrected chi connectivity index (χ0v) is 13.3. The molecule has 1 atom stereocenters. The summed E-state index contributed by atoms with van der Waals surface area (Å²) in [4.78, 5) is 0. The number of hydrogen-bond donors (Lipinski definition) is 1. The summed E-state index contributed by atoms with van der Waals surface area (Å²) in [6, 6.07) is 12.4. The van der Waals surface area contributed by atoms with Gasteiger partial charge in [-0.25, -0.2) is 0 Å². The Morgan fingerprint density at radius 3 is 2.57 bits per heavy atom. The van der Waals surface area contributed by atoms with Gasteiger partial charge in [0.1, 0.15) is 5.75 Å². The van der Waals surface area contributed by atoms with Crippen molar-refractivity contribution in [3.05, 3.63) is 64.0 Å². The van der Waals surface area contributed by atoms with E-state index in [0.717, 1.165) is 22.4 Å². The summed E-state index contributed by atoms with van der Waals surface area (Å²) < 4.78 is 6.88. The van der Waals surface area contributed by atoms with Gasteiger partial charge in [0.15, 0.2) is 0 Å². The lowest BCUT2D eigenvalue weighted by Crippen LogP contribution is -2.13. The Morgan fingerprint density at radius 2 is 1.81 bits per heavy atom. The molecular weight excluding hydrogens is 278 g/mol. The molecule has 0 spiro atoms. The number of thiophene rings is 1. The quantitative estimate of drug-likeness (QED) is 0.768. The van der Waals surface area contributed by atoms with E-state index in [2.05, 4.69) is 55.6 Å². The first-order chi connectivity index (χ1) is 10.1. The second-order valence-corrected chi connectivity index (χ2v) is 6.21. The van der Waals surface area contributed by atoms with Gasteiger partial charge in [-0.05, 0) is 47.4 Å². The molecule has 21 heavy (non-hydrogen) atoms. The van der Waals surface area contributed by atoms with E-state index in [-0.39, 0.29) is 6.04 Å². The van der Waals surface area contributed by atoms with Crippen molar-refractivity contribution in [3.63, 3.8) is 0 Å². The Hall–Kier alpha value is -1.84. The average molecular weight is 297 g/mol. The van der Waals surface area contributed by atoms with Crippen molar-refractivity contribution < 1.29 is 4.74 Å². The zero-order chi connectivity index (χ0) is 15.0. The molecule has 3 heteroatoms. The van der Waals surface area contributed by atoms with Crippen molar-refractivity contribution >= 4 is 21.4 Å². The monoisotopic (exact) mass is 297 g/mol. The van der Waals surface area contributed by atoms with E-state index in [0.29, 0.717) is 0 Å². The lowest BCUT2D eigenvalue weighted by molar-refractivity contribution is 0.404. The first-order valence-electron chi connectivity index (χ1n) is 6.99. The molecule has 2 N–H and O–H groups in total. The van der Waals surface area contributed by atoms with Crippen LogP contribution in [0.5, 0.6) is 5.75 Å². The minimum atomic E-state index is -0.171. The fraction of sp³-hybridized carbons (Fsp3) is 0.222. The summed E-state index contributed by atoms with van der Waals surface area (Å²) >= 11 is 1.74. The third kappa shape index (κ3) is 2.33. The van der Waals surface area contributed by atoms with Crippen molar-refractivity contribution in [1.82, 2.24) is 0 Å². The highest BCUT2D eigenvalue weighted by molar-refractivity contribution is 7.17. The summed E-state index contributed by atoms with van der Waals surface area (Å²) in [7, 11) is 1.71. The molecule has 0 fully saturated rings. The van der Waals surface area contributed by atoms with Gasteiger partial charge in [0.25, 0.3) is 0 Å². The fourth-order valence-electron chi connectivity index (χ4n) is 2.73. The average Bonchev–Trinajstić information content (AvgIpc) is 2.93. The molecule has 1 heterocycles. The largest absolute Gasteiger partial charge is 0.496 e. The van der Waals surface area contributed by atoms with E-state index in [1.807, 2.05) is 0 Å². The van der Waals surface area contributed by atoms with Gasteiger partial charge in [0.2, 0.25) is 0 Å². The highest BCUT2D eigenvalue weighted by Crippen LogP contribution is 2.37. The second-order valence-electron chi connectivity index (χ2n) is 5.29. The minimum absolute atomic E-state index is 0.171. The summed E-state index contributed by atoms with van der Waals surface area (Å²) in [5.41, 5.74) is 11.1. The topological polar surface area (TPSA) is 35.2 Å². The fourth-order valence-corrected chi connectivity index (χ4v) is 3.73. The molecule has 3 rings (SSSR count). The van der Waals surface area contributed by atoms with Crippen LogP contribution >= 0.6 is 11.3 Å². The number of nitrogens with two attached hydrogens (primary N) is 1. The Bertz CT molecular complexity index is 791. The van der Waals surface area contributed by atoms with Crippen LogP contribution in [0.1, 0.15) is 28.3 Å². The maximum absolute atomic E-state index is 6.55. The second kappa shape index (κ2) is 5.51. The van der Waals surface area contributed by atoms with Crippen LogP contribution in [0.4, 0.5) is 0 Å².